The van der Waals surface area contributed by atoms with Crippen LogP contribution in [0.1, 0.15) is 37.3 Å². The molecule has 17 heavy (non-hydrogen) atoms. The Labute approximate surface area is 112 Å². The maximum Gasteiger partial charge on any atom is 0.0178 e. The van der Waals surface area contributed by atoms with Gasteiger partial charge in [0.25, 0.3) is 0 Å². The summed E-state index contributed by atoms with van der Waals surface area (Å²) in [7, 11) is 0. The van der Waals surface area contributed by atoms with Crippen LogP contribution in [0.15, 0.2) is 22.7 Å². The van der Waals surface area contributed by atoms with Gasteiger partial charge in [-0.1, -0.05) is 28.9 Å². The number of hydrogen-bond acceptors (Lipinski definition) is 1. The lowest BCUT2D eigenvalue weighted by Gasteiger charge is -2.27. The van der Waals surface area contributed by atoms with E-state index in [9.17, 15) is 0 Å². The zero-order valence-corrected chi connectivity index (χ0v) is 12.0. The highest BCUT2D eigenvalue weighted by Gasteiger charge is 2.37. The topological polar surface area (TPSA) is 12.0 Å². The zero-order valence-electron chi connectivity index (χ0n) is 10.4. The van der Waals surface area contributed by atoms with Crippen molar-refractivity contribution in [1.82, 2.24) is 5.32 Å². The first kappa shape index (κ1) is 11.7. The van der Waals surface area contributed by atoms with Gasteiger partial charge in [-0.3, -0.25) is 0 Å². The minimum absolute atomic E-state index is 0.625. The smallest absolute Gasteiger partial charge is 0.0178 e. The monoisotopic (exact) mass is 293 g/mol. The molecule has 0 radical (unpaired) electrons. The van der Waals surface area contributed by atoms with Crippen molar-refractivity contribution < 1.29 is 0 Å². The second kappa shape index (κ2) is 4.40. The molecule has 0 bridgehead atoms. The Kier molecular flexibility index (Phi) is 3.04. The maximum atomic E-state index is 3.77. The van der Waals surface area contributed by atoms with Gasteiger partial charge in [0.1, 0.15) is 0 Å². The molecule has 0 aromatic heterocycles. The summed E-state index contributed by atoms with van der Waals surface area (Å²) >= 11 is 3.55. The summed E-state index contributed by atoms with van der Waals surface area (Å²) in [6.07, 6.45) is 6.55. The Morgan fingerprint density at radius 2 is 2.18 bits per heavy atom. The summed E-state index contributed by atoms with van der Waals surface area (Å²) in [5, 5.41) is 3.77. The van der Waals surface area contributed by atoms with Crippen molar-refractivity contribution in [2.45, 2.75) is 45.1 Å². The molecule has 1 fully saturated rings. The van der Waals surface area contributed by atoms with Crippen molar-refractivity contribution in [2.24, 2.45) is 5.41 Å². The van der Waals surface area contributed by atoms with Gasteiger partial charge in [-0.05, 0) is 60.8 Å². The number of aryl methyl sites for hydroxylation is 1. The first-order valence-corrected chi connectivity index (χ1v) is 7.45. The summed E-state index contributed by atoms with van der Waals surface area (Å²) in [5.74, 6) is 0. The van der Waals surface area contributed by atoms with Crippen LogP contribution in [0.4, 0.5) is 0 Å². The van der Waals surface area contributed by atoms with Crippen LogP contribution in [0, 0.1) is 5.41 Å². The van der Waals surface area contributed by atoms with Crippen LogP contribution in [0.25, 0.3) is 0 Å². The average Bonchev–Trinajstić information content (AvgIpc) is 3.05. The van der Waals surface area contributed by atoms with Gasteiger partial charge >= 0.3 is 0 Å². The summed E-state index contributed by atoms with van der Waals surface area (Å²) in [6.45, 7) is 3.61. The number of rotatable bonds is 3. The molecule has 1 unspecified atom stereocenters. The third-order valence-corrected chi connectivity index (χ3v) is 4.81. The van der Waals surface area contributed by atoms with Gasteiger partial charge < -0.3 is 5.32 Å². The number of hydrogen-bond donors (Lipinski definition) is 1. The molecule has 1 aromatic rings. The van der Waals surface area contributed by atoms with E-state index in [2.05, 4.69) is 46.4 Å². The lowest BCUT2D eigenvalue weighted by atomic mass is 9.88. The quantitative estimate of drug-likeness (QED) is 0.896. The van der Waals surface area contributed by atoms with Crippen LogP contribution in [-0.4, -0.2) is 12.6 Å². The van der Waals surface area contributed by atoms with E-state index in [0.29, 0.717) is 11.5 Å². The van der Waals surface area contributed by atoms with E-state index in [-0.39, 0.29) is 0 Å². The predicted octanol–water partition coefficient (Wildman–Crippen LogP) is 3.70. The Hall–Kier alpha value is -0.340. The van der Waals surface area contributed by atoms with Crippen LogP contribution in [-0.2, 0) is 12.8 Å². The Morgan fingerprint density at radius 1 is 1.35 bits per heavy atom. The molecular weight excluding hydrogens is 274 g/mol. The second-order valence-corrected chi connectivity index (χ2v) is 6.96. The zero-order chi connectivity index (χ0) is 11.9. The molecule has 2 aliphatic carbocycles. The average molecular weight is 294 g/mol. The third kappa shape index (κ3) is 2.74. The Morgan fingerprint density at radius 3 is 2.94 bits per heavy atom. The molecule has 1 atom stereocenters. The number of fused-ring (bicyclic) bond motifs is 1. The van der Waals surface area contributed by atoms with Crippen LogP contribution < -0.4 is 5.32 Å². The molecule has 1 nitrogen and oxygen atoms in total. The van der Waals surface area contributed by atoms with Gasteiger partial charge in [0, 0.05) is 17.1 Å². The summed E-state index contributed by atoms with van der Waals surface area (Å²) in [4.78, 5) is 0. The van der Waals surface area contributed by atoms with E-state index in [1.165, 1.54) is 54.2 Å². The van der Waals surface area contributed by atoms with Crippen molar-refractivity contribution in [1.29, 1.82) is 0 Å². The second-order valence-electron chi connectivity index (χ2n) is 6.04. The minimum atomic E-state index is 0.625. The van der Waals surface area contributed by atoms with E-state index >= 15 is 0 Å². The largest absolute Gasteiger partial charge is 0.313 e. The molecule has 1 aromatic carbocycles. The van der Waals surface area contributed by atoms with Crippen molar-refractivity contribution in [3.63, 3.8) is 0 Å². The Bertz CT molecular complexity index is 423. The molecule has 2 heteroatoms. The van der Waals surface area contributed by atoms with Gasteiger partial charge in [0.05, 0.1) is 0 Å². The van der Waals surface area contributed by atoms with Gasteiger partial charge in [-0.25, -0.2) is 0 Å². The highest BCUT2D eigenvalue weighted by Crippen LogP contribution is 2.44. The predicted molar refractivity (Wildman–Crippen MR) is 75.3 cm³/mol. The number of benzene rings is 1. The molecule has 0 amide bonds. The standard InChI is InChI=1S/C15H20BrN/c1-15(6-7-15)10-17-14-5-3-11-8-13(16)4-2-12(11)9-14/h2,4,8,14,17H,3,5-7,9-10H2,1H3. The number of nitrogens with one attached hydrogen (secondary N) is 1. The van der Waals surface area contributed by atoms with Crippen molar-refractivity contribution >= 4 is 15.9 Å². The fourth-order valence-corrected chi connectivity index (χ4v) is 3.09. The molecule has 0 spiro atoms. The van der Waals surface area contributed by atoms with Crippen LogP contribution in [0.3, 0.4) is 0 Å². The van der Waals surface area contributed by atoms with Crippen molar-refractivity contribution in [3.8, 4) is 0 Å². The van der Waals surface area contributed by atoms with Crippen LogP contribution in [0.5, 0.6) is 0 Å². The minimum Gasteiger partial charge on any atom is -0.313 e. The van der Waals surface area contributed by atoms with Gasteiger partial charge in [-0.2, -0.15) is 0 Å². The third-order valence-electron chi connectivity index (χ3n) is 4.32. The number of halogens is 1. The summed E-state index contributed by atoms with van der Waals surface area (Å²) in [6, 6.07) is 7.43. The lowest BCUT2D eigenvalue weighted by Crippen LogP contribution is -2.37. The fraction of sp³-hybridized carbons (Fsp3) is 0.600. The molecule has 0 heterocycles. The molecule has 3 rings (SSSR count). The first-order chi connectivity index (χ1) is 8.15. The molecule has 92 valence electrons. The summed E-state index contributed by atoms with van der Waals surface area (Å²) in [5.41, 5.74) is 3.70. The van der Waals surface area contributed by atoms with Crippen molar-refractivity contribution in [2.75, 3.05) is 6.54 Å². The van der Waals surface area contributed by atoms with Crippen molar-refractivity contribution in [3.05, 3.63) is 33.8 Å². The lowest BCUT2D eigenvalue weighted by molar-refractivity contribution is 0.403. The van der Waals surface area contributed by atoms with Crippen LogP contribution in [0.2, 0.25) is 0 Å². The van der Waals surface area contributed by atoms with Gasteiger partial charge in [0.2, 0.25) is 0 Å². The first-order valence-electron chi connectivity index (χ1n) is 6.65. The van der Waals surface area contributed by atoms with Gasteiger partial charge in [0.15, 0.2) is 0 Å². The van der Waals surface area contributed by atoms with Crippen LogP contribution >= 0.6 is 15.9 Å². The fourth-order valence-electron chi connectivity index (χ4n) is 2.68. The SMILES string of the molecule is CC1(CNC2CCc3cc(Br)ccc3C2)CC1. The van der Waals surface area contributed by atoms with E-state index in [0.717, 1.165) is 0 Å². The van der Waals surface area contributed by atoms with E-state index < -0.39 is 0 Å². The van der Waals surface area contributed by atoms with E-state index in [4.69, 9.17) is 0 Å². The highest BCUT2D eigenvalue weighted by molar-refractivity contribution is 9.10. The normalized spacial score (nSPS) is 25.4. The molecule has 1 saturated carbocycles. The molecule has 0 saturated heterocycles. The molecule has 0 aliphatic heterocycles. The molecular formula is C15H20BrN. The van der Waals surface area contributed by atoms with E-state index in [1.807, 2.05) is 0 Å². The maximum absolute atomic E-state index is 3.77. The highest BCUT2D eigenvalue weighted by atomic mass is 79.9. The molecule has 1 N–H and O–H groups in total. The van der Waals surface area contributed by atoms with Gasteiger partial charge in [-0.15, -0.1) is 0 Å². The molecule has 2 aliphatic rings. The summed E-state index contributed by atoms with van der Waals surface area (Å²) < 4.78 is 1.22. The van der Waals surface area contributed by atoms with E-state index in [1.54, 1.807) is 0 Å². The Balaban J connectivity index is 1.62.